The van der Waals surface area contributed by atoms with Crippen molar-refractivity contribution in [1.82, 2.24) is 35.3 Å². The van der Waals surface area contributed by atoms with Gasteiger partial charge in [0.05, 0.1) is 28.4 Å². The van der Waals surface area contributed by atoms with E-state index in [9.17, 15) is 0 Å². The molecule has 0 aliphatic heterocycles. The van der Waals surface area contributed by atoms with E-state index in [0.29, 0.717) is 11.5 Å². The Balaban J connectivity index is 1.53. The third-order valence-corrected chi connectivity index (χ3v) is 5.98. The smallest absolute Gasteiger partial charge is 0.161 e. The maximum atomic E-state index is 4.89. The lowest BCUT2D eigenvalue weighted by atomic mass is 10.1. The van der Waals surface area contributed by atoms with Gasteiger partial charge in [-0.05, 0) is 37.3 Å². The van der Waals surface area contributed by atoms with Crippen molar-refractivity contribution in [3.63, 3.8) is 0 Å². The van der Waals surface area contributed by atoms with E-state index in [0.717, 1.165) is 38.9 Å². The molecule has 0 radical (unpaired) electrons. The zero-order chi connectivity index (χ0) is 19.4. The molecule has 140 valence electrons. The van der Waals surface area contributed by atoms with Crippen LogP contribution in [-0.2, 0) is 0 Å². The van der Waals surface area contributed by atoms with E-state index in [1.54, 1.807) is 17.5 Å². The Bertz CT molecular complexity index is 1470. The van der Waals surface area contributed by atoms with Crippen molar-refractivity contribution in [1.29, 1.82) is 0 Å². The molecule has 0 unspecified atom stereocenters. The summed E-state index contributed by atoms with van der Waals surface area (Å²) in [5.41, 5.74) is 7.14. The summed E-state index contributed by atoms with van der Waals surface area (Å²) in [4.78, 5) is 15.6. The summed E-state index contributed by atoms with van der Waals surface area (Å²) in [6.45, 7) is 2.11. The van der Waals surface area contributed by atoms with Gasteiger partial charge >= 0.3 is 0 Å². The predicted octanol–water partition coefficient (Wildman–Crippen LogP) is 4.93. The average Bonchev–Trinajstić information content (AvgIpc) is 3.51. The van der Waals surface area contributed by atoms with Crippen LogP contribution in [0.4, 0.5) is 0 Å². The quantitative estimate of drug-likeness (QED) is 0.394. The molecule has 0 atom stereocenters. The molecule has 7 nitrogen and oxygen atoms in total. The first kappa shape index (κ1) is 16.2. The summed E-state index contributed by atoms with van der Waals surface area (Å²) >= 11 is 1.77. The van der Waals surface area contributed by atoms with Gasteiger partial charge in [-0.25, -0.2) is 9.97 Å². The van der Waals surface area contributed by atoms with Crippen molar-refractivity contribution < 1.29 is 0 Å². The molecule has 0 saturated heterocycles. The van der Waals surface area contributed by atoms with Crippen molar-refractivity contribution in [3.8, 4) is 33.2 Å². The fourth-order valence-electron chi connectivity index (χ4n) is 3.54. The molecule has 6 rings (SSSR count). The van der Waals surface area contributed by atoms with Crippen LogP contribution in [0.5, 0.6) is 0 Å². The molecular formula is C21H15N7S. The van der Waals surface area contributed by atoms with Crippen LogP contribution in [0, 0.1) is 6.92 Å². The number of aromatic nitrogens is 7. The summed E-state index contributed by atoms with van der Waals surface area (Å²) in [7, 11) is 0. The molecule has 8 heteroatoms. The molecule has 5 aromatic heterocycles. The number of hydrogen-bond acceptors (Lipinski definition) is 5. The van der Waals surface area contributed by atoms with E-state index in [2.05, 4.69) is 50.5 Å². The average molecular weight is 397 g/mol. The molecule has 0 saturated carbocycles. The van der Waals surface area contributed by atoms with Gasteiger partial charge < -0.3 is 4.98 Å². The summed E-state index contributed by atoms with van der Waals surface area (Å²) in [6.07, 6.45) is 3.58. The van der Waals surface area contributed by atoms with Gasteiger partial charge in [-0.1, -0.05) is 12.1 Å². The van der Waals surface area contributed by atoms with Crippen LogP contribution in [0.3, 0.4) is 0 Å². The van der Waals surface area contributed by atoms with Gasteiger partial charge in [-0.2, -0.15) is 10.2 Å². The molecule has 29 heavy (non-hydrogen) atoms. The van der Waals surface area contributed by atoms with Gasteiger partial charge in [-0.15, -0.1) is 11.3 Å². The maximum Gasteiger partial charge on any atom is 0.161 e. The Morgan fingerprint density at radius 1 is 0.931 bits per heavy atom. The lowest BCUT2D eigenvalue weighted by Gasteiger charge is -1.98. The number of para-hydroxylation sites is 1. The second-order valence-corrected chi connectivity index (χ2v) is 8.14. The van der Waals surface area contributed by atoms with Gasteiger partial charge in [0.15, 0.2) is 11.5 Å². The van der Waals surface area contributed by atoms with Gasteiger partial charge in [0, 0.05) is 27.1 Å². The monoisotopic (exact) mass is 397 g/mol. The van der Waals surface area contributed by atoms with Crippen LogP contribution in [-0.4, -0.2) is 35.3 Å². The Labute approximate surface area is 168 Å². The third kappa shape index (κ3) is 2.57. The third-order valence-electron chi connectivity index (χ3n) is 4.94. The summed E-state index contributed by atoms with van der Waals surface area (Å²) in [6, 6.07) is 14.4. The minimum absolute atomic E-state index is 0.698. The summed E-state index contributed by atoms with van der Waals surface area (Å²) < 4.78 is 0. The minimum atomic E-state index is 0.698. The number of hydrogen-bond donors (Lipinski definition) is 3. The number of pyridine rings is 1. The lowest BCUT2D eigenvalue weighted by molar-refractivity contribution is 1.09. The number of thiophene rings is 1. The molecule has 0 fully saturated rings. The van der Waals surface area contributed by atoms with E-state index >= 15 is 0 Å². The van der Waals surface area contributed by atoms with Gasteiger partial charge in [0.25, 0.3) is 0 Å². The van der Waals surface area contributed by atoms with Crippen molar-refractivity contribution in [2.24, 2.45) is 0 Å². The number of nitrogens with one attached hydrogen (secondary N) is 3. The number of rotatable bonds is 3. The first-order valence-electron chi connectivity index (χ1n) is 9.16. The number of fused-ring (bicyclic) bond motifs is 2. The van der Waals surface area contributed by atoms with Crippen molar-refractivity contribution in [3.05, 3.63) is 59.7 Å². The Morgan fingerprint density at radius 2 is 1.90 bits per heavy atom. The molecule has 3 N–H and O–H groups in total. The minimum Gasteiger partial charge on any atom is -0.336 e. The van der Waals surface area contributed by atoms with Crippen LogP contribution in [0.25, 0.3) is 55.3 Å². The van der Waals surface area contributed by atoms with E-state index in [1.807, 2.05) is 30.5 Å². The van der Waals surface area contributed by atoms with E-state index in [1.165, 1.54) is 9.75 Å². The molecule has 0 spiro atoms. The van der Waals surface area contributed by atoms with E-state index in [4.69, 9.17) is 9.97 Å². The zero-order valence-electron chi connectivity index (χ0n) is 15.4. The van der Waals surface area contributed by atoms with Crippen molar-refractivity contribution in [2.75, 3.05) is 0 Å². The largest absolute Gasteiger partial charge is 0.336 e. The van der Waals surface area contributed by atoms with Crippen LogP contribution in [0.15, 0.2) is 54.9 Å². The number of imidazole rings is 1. The van der Waals surface area contributed by atoms with Gasteiger partial charge in [0.2, 0.25) is 0 Å². The Kier molecular flexibility index (Phi) is 3.41. The number of aryl methyl sites for hydroxylation is 1. The number of H-pyrrole nitrogens is 3. The van der Waals surface area contributed by atoms with Crippen LogP contribution >= 0.6 is 11.3 Å². The lowest BCUT2D eigenvalue weighted by Crippen LogP contribution is -1.86. The second-order valence-electron chi connectivity index (χ2n) is 6.85. The van der Waals surface area contributed by atoms with Crippen LogP contribution in [0.2, 0.25) is 0 Å². The van der Waals surface area contributed by atoms with Crippen molar-refractivity contribution >= 4 is 33.4 Å². The van der Waals surface area contributed by atoms with Gasteiger partial charge in [-0.3, -0.25) is 10.2 Å². The van der Waals surface area contributed by atoms with Crippen LogP contribution < -0.4 is 0 Å². The maximum absolute atomic E-state index is 4.89. The fourth-order valence-corrected chi connectivity index (χ4v) is 4.43. The highest BCUT2D eigenvalue weighted by atomic mass is 32.1. The normalized spacial score (nSPS) is 11.6. The summed E-state index contributed by atoms with van der Waals surface area (Å²) in [5, 5.41) is 14.4. The Morgan fingerprint density at radius 3 is 2.72 bits per heavy atom. The molecule has 0 bridgehead atoms. The molecule has 0 aliphatic rings. The van der Waals surface area contributed by atoms with E-state index < -0.39 is 0 Å². The van der Waals surface area contributed by atoms with Gasteiger partial charge in [0.1, 0.15) is 5.52 Å². The van der Waals surface area contributed by atoms with Crippen LogP contribution in [0.1, 0.15) is 4.88 Å². The fraction of sp³-hybridized carbons (Fsp3) is 0.0476. The van der Waals surface area contributed by atoms with Crippen molar-refractivity contribution in [2.45, 2.75) is 6.92 Å². The zero-order valence-corrected chi connectivity index (χ0v) is 16.2. The number of nitrogens with zero attached hydrogens (tertiary/aromatic N) is 4. The number of benzene rings is 1. The molecule has 6 aromatic rings. The highest BCUT2D eigenvalue weighted by Gasteiger charge is 2.17. The first-order chi connectivity index (χ1) is 14.3. The number of aromatic amines is 3. The molecule has 0 aliphatic carbocycles. The SMILES string of the molecule is Cc1ccc(-c2cccc3[nH]c(-c4n[nH]c5ccc(-c6cn[nH]c6)nc45)nc23)s1. The Hall–Kier alpha value is -3.78. The topological polar surface area (TPSA) is 98.9 Å². The van der Waals surface area contributed by atoms with E-state index in [-0.39, 0.29) is 0 Å². The molecular weight excluding hydrogens is 382 g/mol. The molecule has 1 aromatic carbocycles. The second kappa shape index (κ2) is 6.11. The summed E-state index contributed by atoms with van der Waals surface area (Å²) in [5.74, 6) is 0.698. The molecule has 5 heterocycles. The first-order valence-corrected chi connectivity index (χ1v) is 9.98. The highest BCUT2D eigenvalue weighted by molar-refractivity contribution is 7.15. The molecule has 0 amide bonds. The standard InChI is InChI=1S/C21H15N7S/c1-11-5-8-17(29-11)13-3-2-4-15-18(13)26-21(25-15)20-19-16(27-28-20)7-6-14(24-19)12-9-22-23-10-12/h2-10H,1H3,(H,22,23)(H,25,26)(H,27,28). The highest BCUT2D eigenvalue weighted by Crippen LogP contribution is 2.34. The predicted molar refractivity (Wildman–Crippen MR) is 115 cm³/mol.